The summed E-state index contributed by atoms with van der Waals surface area (Å²) in [5, 5.41) is 10.3. The molecule has 4 heteroatoms. The summed E-state index contributed by atoms with van der Waals surface area (Å²) in [4.78, 5) is 14.0. The molecule has 1 N–H and O–H groups in total. The number of methoxy groups -OCH3 is 1. The van der Waals surface area contributed by atoms with Crippen LogP contribution in [0.4, 0.5) is 0 Å². The van der Waals surface area contributed by atoms with Gasteiger partial charge in [0, 0.05) is 12.6 Å². The fraction of sp³-hybridized carbons (Fsp3) is 0.278. The normalized spacial score (nSPS) is 11.8. The summed E-state index contributed by atoms with van der Waals surface area (Å²) in [7, 11) is 3.29. The number of aliphatic hydroxyl groups is 1. The third-order valence-electron chi connectivity index (χ3n) is 3.67. The van der Waals surface area contributed by atoms with Crippen molar-refractivity contribution >= 4 is 5.91 Å². The molecule has 1 atom stereocenters. The number of nitrogens with zero attached hydrogens (tertiary/aromatic N) is 1. The molecule has 0 aromatic heterocycles. The van der Waals surface area contributed by atoms with Gasteiger partial charge in [-0.05, 0) is 36.2 Å². The largest absolute Gasteiger partial charge is 0.497 e. The average Bonchev–Trinajstić information content (AvgIpc) is 2.54. The Morgan fingerprint density at radius 2 is 1.82 bits per heavy atom. The number of amides is 1. The van der Waals surface area contributed by atoms with Crippen LogP contribution in [0, 0.1) is 6.92 Å². The van der Waals surface area contributed by atoms with Gasteiger partial charge in [-0.2, -0.15) is 0 Å². The van der Waals surface area contributed by atoms with Crippen molar-refractivity contribution in [3.05, 3.63) is 65.2 Å². The summed E-state index contributed by atoms with van der Waals surface area (Å²) >= 11 is 0. The van der Waals surface area contributed by atoms with Crippen molar-refractivity contribution in [2.24, 2.45) is 0 Å². The second-order valence-corrected chi connectivity index (χ2v) is 5.29. The second-order valence-electron chi connectivity index (χ2n) is 5.29. The van der Waals surface area contributed by atoms with E-state index in [4.69, 9.17) is 4.74 Å². The Hall–Kier alpha value is -2.33. The molecule has 2 aromatic carbocycles. The van der Waals surface area contributed by atoms with E-state index in [0.717, 1.165) is 16.9 Å². The van der Waals surface area contributed by atoms with Gasteiger partial charge < -0.3 is 14.7 Å². The Morgan fingerprint density at radius 3 is 2.41 bits per heavy atom. The number of hydrogen-bond acceptors (Lipinski definition) is 3. The van der Waals surface area contributed by atoms with Crippen LogP contribution in [0.2, 0.25) is 0 Å². The van der Waals surface area contributed by atoms with Gasteiger partial charge in [0.2, 0.25) is 0 Å². The molecule has 0 saturated carbocycles. The monoisotopic (exact) mass is 299 g/mol. The molecule has 116 valence electrons. The molecule has 0 aliphatic carbocycles. The molecule has 0 fully saturated rings. The molecular weight excluding hydrogens is 278 g/mol. The van der Waals surface area contributed by atoms with Gasteiger partial charge in [-0.1, -0.05) is 30.3 Å². The number of likely N-dealkylation sites (N-methyl/N-ethyl adjacent to an activating group) is 1. The van der Waals surface area contributed by atoms with Gasteiger partial charge in [0.05, 0.1) is 19.8 Å². The average molecular weight is 299 g/mol. The van der Waals surface area contributed by atoms with Crippen molar-refractivity contribution in [3.8, 4) is 5.75 Å². The molecule has 1 unspecified atom stereocenters. The van der Waals surface area contributed by atoms with Gasteiger partial charge in [-0.25, -0.2) is 0 Å². The van der Waals surface area contributed by atoms with Crippen LogP contribution in [0.3, 0.4) is 0 Å². The second kappa shape index (κ2) is 7.09. The summed E-state index contributed by atoms with van der Waals surface area (Å²) < 4.78 is 5.09. The smallest absolute Gasteiger partial charge is 0.253 e. The van der Waals surface area contributed by atoms with E-state index < -0.39 is 6.10 Å². The van der Waals surface area contributed by atoms with Crippen molar-refractivity contribution in [1.29, 1.82) is 0 Å². The standard InChI is InChI=1S/C18H21NO3/c1-13-6-4-5-7-16(13)18(21)19(2)12-17(20)14-8-10-15(22-3)11-9-14/h4-11,17,20H,12H2,1-3H3. The quantitative estimate of drug-likeness (QED) is 0.923. The molecule has 0 aliphatic heterocycles. The Bertz CT molecular complexity index is 637. The summed E-state index contributed by atoms with van der Waals surface area (Å²) in [6.45, 7) is 2.14. The molecule has 0 aliphatic rings. The Balaban J connectivity index is 2.05. The zero-order valence-electron chi connectivity index (χ0n) is 13.1. The van der Waals surface area contributed by atoms with Crippen LogP contribution in [0.15, 0.2) is 48.5 Å². The zero-order chi connectivity index (χ0) is 16.1. The SMILES string of the molecule is COc1ccc(C(O)CN(C)C(=O)c2ccccc2C)cc1. The van der Waals surface area contributed by atoms with E-state index in [9.17, 15) is 9.90 Å². The van der Waals surface area contributed by atoms with Gasteiger partial charge in [0.25, 0.3) is 5.91 Å². The molecule has 0 spiro atoms. The van der Waals surface area contributed by atoms with E-state index >= 15 is 0 Å². The Kier molecular flexibility index (Phi) is 5.17. The molecule has 2 aromatic rings. The highest BCUT2D eigenvalue weighted by Gasteiger charge is 2.17. The molecule has 22 heavy (non-hydrogen) atoms. The fourth-order valence-electron chi connectivity index (χ4n) is 2.29. The first kappa shape index (κ1) is 16.0. The molecule has 0 bridgehead atoms. The third-order valence-corrected chi connectivity index (χ3v) is 3.67. The van der Waals surface area contributed by atoms with Crippen molar-refractivity contribution in [2.75, 3.05) is 20.7 Å². The number of rotatable bonds is 5. The van der Waals surface area contributed by atoms with E-state index in [2.05, 4.69) is 0 Å². The third kappa shape index (κ3) is 3.65. The van der Waals surface area contributed by atoms with Crippen molar-refractivity contribution < 1.29 is 14.6 Å². The maximum absolute atomic E-state index is 12.4. The highest BCUT2D eigenvalue weighted by molar-refractivity contribution is 5.95. The van der Waals surface area contributed by atoms with Gasteiger partial charge in [0.1, 0.15) is 5.75 Å². The number of carbonyl (C=O) groups is 1. The van der Waals surface area contributed by atoms with E-state index in [1.807, 2.05) is 25.1 Å². The molecule has 2 rings (SSSR count). The predicted molar refractivity (Wildman–Crippen MR) is 86.1 cm³/mol. The van der Waals surface area contributed by atoms with Crippen LogP contribution in [0.25, 0.3) is 0 Å². The lowest BCUT2D eigenvalue weighted by Gasteiger charge is -2.22. The number of aliphatic hydroxyl groups excluding tert-OH is 1. The summed E-state index contributed by atoms with van der Waals surface area (Å²) in [6, 6.07) is 14.6. The fourth-order valence-corrected chi connectivity index (χ4v) is 2.29. The van der Waals surface area contributed by atoms with Crippen molar-refractivity contribution in [3.63, 3.8) is 0 Å². The highest BCUT2D eigenvalue weighted by atomic mass is 16.5. The summed E-state index contributed by atoms with van der Waals surface area (Å²) in [5.74, 6) is 0.644. The molecule has 1 amide bonds. The minimum absolute atomic E-state index is 0.0920. The topological polar surface area (TPSA) is 49.8 Å². The number of hydrogen-bond donors (Lipinski definition) is 1. The Labute approximate surface area is 131 Å². The molecular formula is C18H21NO3. The molecule has 4 nitrogen and oxygen atoms in total. The van der Waals surface area contributed by atoms with Crippen LogP contribution in [0.5, 0.6) is 5.75 Å². The number of aryl methyl sites for hydroxylation is 1. The van der Waals surface area contributed by atoms with Gasteiger partial charge >= 0.3 is 0 Å². The lowest BCUT2D eigenvalue weighted by molar-refractivity contribution is 0.0680. The van der Waals surface area contributed by atoms with E-state index in [1.54, 1.807) is 44.5 Å². The highest BCUT2D eigenvalue weighted by Crippen LogP contribution is 2.19. The van der Waals surface area contributed by atoms with E-state index in [1.165, 1.54) is 4.90 Å². The zero-order valence-corrected chi connectivity index (χ0v) is 13.1. The first-order chi connectivity index (χ1) is 10.5. The summed E-state index contributed by atoms with van der Waals surface area (Å²) in [6.07, 6.45) is -0.733. The first-order valence-corrected chi connectivity index (χ1v) is 7.16. The molecule has 0 radical (unpaired) electrons. The number of carbonyl (C=O) groups excluding carboxylic acids is 1. The van der Waals surface area contributed by atoms with Crippen LogP contribution in [-0.4, -0.2) is 36.6 Å². The lowest BCUT2D eigenvalue weighted by Crippen LogP contribution is -2.31. The molecule has 0 heterocycles. The lowest BCUT2D eigenvalue weighted by atomic mass is 10.1. The maximum Gasteiger partial charge on any atom is 0.253 e. The van der Waals surface area contributed by atoms with Crippen molar-refractivity contribution in [1.82, 2.24) is 4.90 Å². The number of ether oxygens (including phenoxy) is 1. The van der Waals surface area contributed by atoms with Crippen molar-refractivity contribution in [2.45, 2.75) is 13.0 Å². The van der Waals surface area contributed by atoms with Crippen LogP contribution in [0.1, 0.15) is 27.6 Å². The summed E-state index contributed by atoms with van der Waals surface area (Å²) in [5.41, 5.74) is 2.34. The van der Waals surface area contributed by atoms with Gasteiger partial charge in [-0.15, -0.1) is 0 Å². The van der Waals surface area contributed by atoms with Crippen LogP contribution < -0.4 is 4.74 Å². The first-order valence-electron chi connectivity index (χ1n) is 7.16. The minimum atomic E-state index is -0.733. The number of benzene rings is 2. The van der Waals surface area contributed by atoms with Crippen LogP contribution >= 0.6 is 0 Å². The minimum Gasteiger partial charge on any atom is -0.497 e. The Morgan fingerprint density at radius 1 is 1.18 bits per heavy atom. The maximum atomic E-state index is 12.4. The van der Waals surface area contributed by atoms with Gasteiger partial charge in [0.15, 0.2) is 0 Å². The molecule has 0 saturated heterocycles. The van der Waals surface area contributed by atoms with E-state index in [-0.39, 0.29) is 12.5 Å². The van der Waals surface area contributed by atoms with E-state index in [0.29, 0.717) is 5.56 Å². The predicted octanol–water partition coefficient (Wildman–Crippen LogP) is 2.81. The van der Waals surface area contributed by atoms with Gasteiger partial charge in [-0.3, -0.25) is 4.79 Å². The van der Waals surface area contributed by atoms with Crippen LogP contribution in [-0.2, 0) is 0 Å².